The molecule has 0 unspecified atom stereocenters. The Bertz CT molecular complexity index is 1010. The van der Waals surface area contributed by atoms with E-state index >= 15 is 0 Å². The number of nitrogens with zero attached hydrogens (tertiary/aromatic N) is 1. The molecule has 0 aromatic heterocycles. The van der Waals surface area contributed by atoms with Gasteiger partial charge in [-0.05, 0) is 77.0 Å². The highest BCUT2D eigenvalue weighted by Gasteiger charge is 2.16. The number of carbonyl (C=O) groups excluding carboxylic acids is 2. The van der Waals surface area contributed by atoms with Crippen LogP contribution in [0.2, 0.25) is 0 Å². The van der Waals surface area contributed by atoms with Gasteiger partial charge in [0.2, 0.25) is 6.79 Å². The number of hydrogen-bond donors (Lipinski definition) is 1. The Labute approximate surface area is 175 Å². The molecular weight excluding hydrogens is 475 g/mol. The van der Waals surface area contributed by atoms with Crippen LogP contribution in [0.1, 0.15) is 11.1 Å². The van der Waals surface area contributed by atoms with Crippen LogP contribution in [0, 0.1) is 21.8 Å². The standard InChI is InChI=1S/C20H15IN2O5/c1-12-6-15(21)3-4-16(12)23-19(24)10-26-20(25)14(9-22)7-13-2-5-17-18(8-13)28-11-27-17/h2-8H,10-11H2,1H3,(H,23,24). The monoisotopic (exact) mass is 490 g/mol. The van der Waals surface area contributed by atoms with Crippen molar-refractivity contribution < 1.29 is 23.8 Å². The van der Waals surface area contributed by atoms with Gasteiger partial charge in [-0.2, -0.15) is 5.26 Å². The van der Waals surface area contributed by atoms with Crippen LogP contribution in [0.5, 0.6) is 11.5 Å². The van der Waals surface area contributed by atoms with Crippen LogP contribution in [-0.2, 0) is 14.3 Å². The maximum absolute atomic E-state index is 12.1. The summed E-state index contributed by atoms with van der Waals surface area (Å²) in [6.07, 6.45) is 1.37. The molecule has 28 heavy (non-hydrogen) atoms. The van der Waals surface area contributed by atoms with Crippen molar-refractivity contribution in [2.45, 2.75) is 6.92 Å². The number of nitriles is 1. The summed E-state index contributed by atoms with van der Waals surface area (Å²) in [6.45, 7) is 1.50. The lowest BCUT2D eigenvalue weighted by Crippen LogP contribution is -2.21. The highest BCUT2D eigenvalue weighted by molar-refractivity contribution is 14.1. The first-order valence-electron chi connectivity index (χ1n) is 8.21. The van der Waals surface area contributed by atoms with Crippen LogP contribution in [0.15, 0.2) is 42.0 Å². The lowest BCUT2D eigenvalue weighted by Gasteiger charge is -2.09. The number of hydrogen-bond acceptors (Lipinski definition) is 6. The van der Waals surface area contributed by atoms with E-state index < -0.39 is 18.5 Å². The van der Waals surface area contributed by atoms with E-state index in [2.05, 4.69) is 27.9 Å². The first kappa shape index (κ1) is 19.7. The molecule has 1 aliphatic rings. The maximum atomic E-state index is 12.1. The van der Waals surface area contributed by atoms with E-state index in [9.17, 15) is 14.9 Å². The third-order valence-corrected chi connectivity index (χ3v) is 4.52. The zero-order valence-electron chi connectivity index (χ0n) is 14.8. The molecule has 3 rings (SSSR count). The molecule has 7 nitrogen and oxygen atoms in total. The van der Waals surface area contributed by atoms with Crippen LogP contribution < -0.4 is 14.8 Å². The molecule has 0 fully saturated rings. The quantitative estimate of drug-likeness (QED) is 0.299. The van der Waals surface area contributed by atoms with E-state index in [1.54, 1.807) is 30.3 Å². The average molecular weight is 490 g/mol. The number of anilines is 1. The molecule has 0 radical (unpaired) electrons. The van der Waals surface area contributed by atoms with Gasteiger partial charge in [-0.1, -0.05) is 6.07 Å². The second-order valence-electron chi connectivity index (χ2n) is 5.87. The summed E-state index contributed by atoms with van der Waals surface area (Å²) in [5, 5.41) is 11.9. The summed E-state index contributed by atoms with van der Waals surface area (Å²) in [7, 11) is 0. The van der Waals surface area contributed by atoms with Gasteiger partial charge >= 0.3 is 5.97 Å². The molecule has 1 heterocycles. The molecule has 0 saturated heterocycles. The van der Waals surface area contributed by atoms with Gasteiger partial charge in [0.15, 0.2) is 18.1 Å². The third kappa shape index (κ3) is 4.80. The summed E-state index contributed by atoms with van der Waals surface area (Å²) in [5.74, 6) is -0.236. The first-order chi connectivity index (χ1) is 13.5. The molecular formula is C20H15IN2O5. The normalized spacial score (nSPS) is 12.2. The van der Waals surface area contributed by atoms with Crippen molar-refractivity contribution in [2.75, 3.05) is 18.7 Å². The number of ether oxygens (including phenoxy) is 3. The fourth-order valence-electron chi connectivity index (χ4n) is 2.47. The number of carbonyl (C=O) groups is 2. The number of fused-ring (bicyclic) bond motifs is 1. The van der Waals surface area contributed by atoms with Gasteiger partial charge < -0.3 is 19.5 Å². The van der Waals surface area contributed by atoms with Crippen LogP contribution in [-0.4, -0.2) is 25.3 Å². The van der Waals surface area contributed by atoms with E-state index in [0.29, 0.717) is 22.7 Å². The lowest BCUT2D eigenvalue weighted by atomic mass is 10.1. The highest BCUT2D eigenvalue weighted by atomic mass is 127. The maximum Gasteiger partial charge on any atom is 0.349 e. The van der Waals surface area contributed by atoms with E-state index in [1.807, 2.05) is 19.1 Å². The number of halogens is 1. The predicted octanol–water partition coefficient (Wildman–Crippen LogP) is 3.42. The van der Waals surface area contributed by atoms with Crippen molar-refractivity contribution >= 4 is 46.2 Å². The molecule has 1 N–H and O–H groups in total. The fourth-order valence-corrected chi connectivity index (χ4v) is 3.12. The van der Waals surface area contributed by atoms with Crippen LogP contribution >= 0.6 is 22.6 Å². The van der Waals surface area contributed by atoms with Crippen LogP contribution in [0.3, 0.4) is 0 Å². The second kappa shape index (κ2) is 8.75. The fraction of sp³-hybridized carbons (Fsp3) is 0.150. The van der Waals surface area contributed by atoms with Crippen LogP contribution in [0.25, 0.3) is 6.08 Å². The summed E-state index contributed by atoms with van der Waals surface area (Å²) >= 11 is 2.18. The van der Waals surface area contributed by atoms with E-state index in [1.165, 1.54) is 6.08 Å². The SMILES string of the molecule is Cc1cc(I)ccc1NC(=O)COC(=O)C(C#N)=Cc1ccc2c(c1)OCO2. The van der Waals surface area contributed by atoms with Gasteiger partial charge in [-0.3, -0.25) is 4.79 Å². The second-order valence-corrected chi connectivity index (χ2v) is 7.11. The number of aryl methyl sites for hydroxylation is 1. The Balaban J connectivity index is 1.61. The van der Waals surface area contributed by atoms with Gasteiger partial charge in [0.05, 0.1) is 0 Å². The van der Waals surface area contributed by atoms with Gasteiger partial charge in [0.25, 0.3) is 5.91 Å². The molecule has 8 heteroatoms. The molecule has 0 atom stereocenters. The van der Waals surface area contributed by atoms with Crippen molar-refractivity contribution in [3.8, 4) is 17.6 Å². The summed E-state index contributed by atoms with van der Waals surface area (Å²) in [4.78, 5) is 24.2. The first-order valence-corrected chi connectivity index (χ1v) is 9.28. The van der Waals surface area contributed by atoms with Crippen molar-refractivity contribution in [3.63, 3.8) is 0 Å². The smallest absolute Gasteiger partial charge is 0.349 e. The van der Waals surface area contributed by atoms with Crippen molar-refractivity contribution in [3.05, 3.63) is 56.7 Å². The van der Waals surface area contributed by atoms with Crippen LogP contribution in [0.4, 0.5) is 5.69 Å². The van der Waals surface area contributed by atoms with Gasteiger partial charge in [0.1, 0.15) is 11.6 Å². The number of nitrogens with one attached hydrogen (secondary N) is 1. The molecule has 0 spiro atoms. The number of benzene rings is 2. The largest absolute Gasteiger partial charge is 0.454 e. The summed E-state index contributed by atoms with van der Waals surface area (Å²) in [5.41, 5.74) is 1.89. The van der Waals surface area contributed by atoms with Crippen molar-refractivity contribution in [1.29, 1.82) is 5.26 Å². The Morgan fingerprint density at radius 3 is 2.79 bits per heavy atom. The van der Waals surface area contributed by atoms with Gasteiger partial charge in [-0.15, -0.1) is 0 Å². The molecule has 0 bridgehead atoms. The summed E-state index contributed by atoms with van der Waals surface area (Å²) in [6, 6.07) is 12.4. The molecule has 1 aliphatic heterocycles. The number of rotatable bonds is 5. The molecule has 0 aliphatic carbocycles. The number of amides is 1. The molecule has 0 saturated carbocycles. The van der Waals surface area contributed by atoms with Crippen molar-refractivity contribution in [1.82, 2.24) is 0 Å². The minimum absolute atomic E-state index is 0.130. The van der Waals surface area contributed by atoms with E-state index in [4.69, 9.17) is 14.2 Å². The van der Waals surface area contributed by atoms with Crippen molar-refractivity contribution in [2.24, 2.45) is 0 Å². The predicted molar refractivity (Wildman–Crippen MR) is 110 cm³/mol. The lowest BCUT2D eigenvalue weighted by molar-refractivity contribution is -0.142. The van der Waals surface area contributed by atoms with Gasteiger partial charge in [-0.25, -0.2) is 4.79 Å². The average Bonchev–Trinajstić information content (AvgIpc) is 3.14. The minimum atomic E-state index is -0.880. The molecule has 2 aromatic rings. The Hall–Kier alpha value is -3.06. The zero-order valence-corrected chi connectivity index (χ0v) is 17.0. The third-order valence-electron chi connectivity index (χ3n) is 3.84. The Morgan fingerprint density at radius 1 is 1.25 bits per heavy atom. The highest BCUT2D eigenvalue weighted by Crippen LogP contribution is 2.33. The molecule has 2 aromatic carbocycles. The van der Waals surface area contributed by atoms with E-state index in [0.717, 1.165) is 9.13 Å². The minimum Gasteiger partial charge on any atom is -0.454 e. The zero-order chi connectivity index (χ0) is 20.1. The van der Waals surface area contributed by atoms with Gasteiger partial charge in [0, 0.05) is 9.26 Å². The summed E-state index contributed by atoms with van der Waals surface area (Å²) < 4.78 is 16.5. The number of esters is 1. The topological polar surface area (TPSA) is 97.7 Å². The molecule has 142 valence electrons. The Kier molecular flexibility index (Phi) is 6.16. The Morgan fingerprint density at radius 2 is 2.04 bits per heavy atom. The van der Waals surface area contributed by atoms with E-state index in [-0.39, 0.29) is 12.4 Å². The molecule has 1 amide bonds.